The van der Waals surface area contributed by atoms with E-state index in [9.17, 15) is 14.9 Å². The van der Waals surface area contributed by atoms with E-state index < -0.39 is 16.5 Å². The maximum atomic E-state index is 12.6. The molecule has 12 heteroatoms. The number of benzene rings is 2. The SMILES string of the molecule is O=c1[nH]nc(-c2ccc([N+](=O)[O-])cc2)c2c1Nc1nnnn1[C@@H]2c1ccc(Cl)cc1. The van der Waals surface area contributed by atoms with Crippen LogP contribution in [-0.4, -0.2) is 35.3 Å². The van der Waals surface area contributed by atoms with Crippen molar-refractivity contribution in [3.8, 4) is 11.3 Å². The van der Waals surface area contributed by atoms with Crippen LogP contribution in [0.4, 0.5) is 17.3 Å². The summed E-state index contributed by atoms with van der Waals surface area (Å²) in [5.41, 5.74) is 2.11. The monoisotopic (exact) mass is 422 g/mol. The van der Waals surface area contributed by atoms with E-state index >= 15 is 0 Å². The van der Waals surface area contributed by atoms with E-state index in [2.05, 4.69) is 31.0 Å². The largest absolute Gasteiger partial charge is 0.318 e. The number of nitrogens with one attached hydrogen (secondary N) is 2. The Morgan fingerprint density at radius 3 is 2.53 bits per heavy atom. The Balaban J connectivity index is 1.76. The lowest BCUT2D eigenvalue weighted by Gasteiger charge is -2.27. The maximum absolute atomic E-state index is 12.6. The second-order valence-corrected chi connectivity index (χ2v) is 6.96. The number of non-ortho nitro benzene ring substituents is 1. The van der Waals surface area contributed by atoms with Gasteiger partial charge in [0.2, 0.25) is 5.95 Å². The number of aromatic amines is 1. The number of nitro benzene ring substituents is 1. The van der Waals surface area contributed by atoms with Gasteiger partial charge < -0.3 is 5.32 Å². The average molecular weight is 423 g/mol. The molecule has 4 aromatic rings. The van der Waals surface area contributed by atoms with Crippen molar-refractivity contribution in [3.05, 3.63) is 85.1 Å². The van der Waals surface area contributed by atoms with Gasteiger partial charge in [-0.3, -0.25) is 14.9 Å². The molecule has 2 N–H and O–H groups in total. The van der Waals surface area contributed by atoms with Gasteiger partial charge in [-0.1, -0.05) is 28.8 Å². The maximum Gasteiger partial charge on any atom is 0.288 e. The van der Waals surface area contributed by atoms with Crippen molar-refractivity contribution in [2.45, 2.75) is 6.04 Å². The minimum absolute atomic E-state index is 0.0489. The predicted molar refractivity (Wildman–Crippen MR) is 107 cm³/mol. The fraction of sp³-hybridized carbons (Fsp3) is 0.0556. The Morgan fingerprint density at radius 1 is 1.10 bits per heavy atom. The molecule has 1 aliphatic rings. The number of tetrazole rings is 1. The number of aromatic nitrogens is 6. The standard InChI is InChI=1S/C18H11ClN8O3/c19-11-5-1-10(2-6-11)16-13-14(9-3-7-12(8-4-9)27(29)30)21-22-17(28)15(13)20-18-23-24-25-26(16)18/h1-8,16H,(H,22,28)(H,20,23,25)/t16-/m1/s1. The van der Waals surface area contributed by atoms with E-state index in [-0.39, 0.29) is 11.4 Å². The van der Waals surface area contributed by atoms with Gasteiger partial charge in [-0.2, -0.15) is 9.78 Å². The fourth-order valence-corrected chi connectivity index (χ4v) is 3.58. The molecule has 148 valence electrons. The smallest absolute Gasteiger partial charge is 0.288 e. The van der Waals surface area contributed by atoms with Gasteiger partial charge in [0.25, 0.3) is 11.2 Å². The number of fused-ring (bicyclic) bond motifs is 2. The molecule has 0 fully saturated rings. The first-order chi connectivity index (χ1) is 14.5. The summed E-state index contributed by atoms with van der Waals surface area (Å²) in [6, 6.07) is 12.4. The van der Waals surface area contributed by atoms with Crippen molar-refractivity contribution >= 4 is 28.9 Å². The van der Waals surface area contributed by atoms with Crippen molar-refractivity contribution < 1.29 is 4.92 Å². The third-order valence-electron chi connectivity index (χ3n) is 4.81. The zero-order chi connectivity index (χ0) is 20.8. The summed E-state index contributed by atoms with van der Waals surface area (Å²) in [6.07, 6.45) is 0. The van der Waals surface area contributed by atoms with Crippen molar-refractivity contribution in [1.29, 1.82) is 0 Å². The lowest BCUT2D eigenvalue weighted by Crippen LogP contribution is -2.29. The van der Waals surface area contributed by atoms with Crippen LogP contribution in [0.5, 0.6) is 0 Å². The molecular formula is C18H11ClN8O3. The molecule has 2 aromatic carbocycles. The molecule has 30 heavy (non-hydrogen) atoms. The lowest BCUT2D eigenvalue weighted by molar-refractivity contribution is -0.384. The molecule has 0 radical (unpaired) electrons. The Labute approximate surface area is 172 Å². The molecule has 5 rings (SSSR count). The summed E-state index contributed by atoms with van der Waals surface area (Å²) in [4.78, 5) is 23.1. The normalized spacial score (nSPS) is 14.5. The van der Waals surface area contributed by atoms with Crippen molar-refractivity contribution in [3.63, 3.8) is 0 Å². The van der Waals surface area contributed by atoms with E-state index in [1.165, 1.54) is 12.1 Å². The topological polar surface area (TPSA) is 145 Å². The van der Waals surface area contributed by atoms with Crippen LogP contribution < -0.4 is 10.9 Å². The molecular weight excluding hydrogens is 412 g/mol. The van der Waals surface area contributed by atoms with Crippen LogP contribution >= 0.6 is 11.6 Å². The first-order valence-corrected chi connectivity index (χ1v) is 9.08. The molecule has 0 bridgehead atoms. The second-order valence-electron chi connectivity index (χ2n) is 6.52. The molecule has 0 spiro atoms. The summed E-state index contributed by atoms with van der Waals surface area (Å²) < 4.78 is 1.54. The van der Waals surface area contributed by atoms with Crippen LogP contribution in [-0.2, 0) is 0 Å². The molecule has 1 aliphatic heterocycles. The number of hydrogen-bond acceptors (Lipinski definition) is 8. The zero-order valence-electron chi connectivity index (χ0n) is 15.0. The molecule has 0 saturated carbocycles. The summed E-state index contributed by atoms with van der Waals surface area (Å²) >= 11 is 6.04. The third-order valence-corrected chi connectivity index (χ3v) is 5.06. The van der Waals surface area contributed by atoms with E-state index in [1.807, 2.05) is 12.1 Å². The highest BCUT2D eigenvalue weighted by Gasteiger charge is 2.34. The number of nitro groups is 1. The minimum Gasteiger partial charge on any atom is -0.318 e. The zero-order valence-corrected chi connectivity index (χ0v) is 15.7. The quantitative estimate of drug-likeness (QED) is 0.333. The van der Waals surface area contributed by atoms with E-state index in [4.69, 9.17) is 11.6 Å². The van der Waals surface area contributed by atoms with Crippen LogP contribution in [0.1, 0.15) is 17.2 Å². The van der Waals surface area contributed by atoms with Gasteiger partial charge >= 0.3 is 0 Å². The Bertz CT molecular complexity index is 1330. The molecule has 2 aromatic heterocycles. The van der Waals surface area contributed by atoms with Gasteiger partial charge in [-0.25, -0.2) is 5.10 Å². The van der Waals surface area contributed by atoms with Crippen LogP contribution in [0, 0.1) is 10.1 Å². The van der Waals surface area contributed by atoms with E-state index in [0.29, 0.717) is 27.8 Å². The van der Waals surface area contributed by atoms with Crippen LogP contribution in [0.25, 0.3) is 11.3 Å². The Hall–Kier alpha value is -4.12. The van der Waals surface area contributed by atoms with Crippen molar-refractivity contribution in [2.24, 2.45) is 0 Å². The number of nitrogens with zero attached hydrogens (tertiary/aromatic N) is 6. The molecule has 0 amide bonds. The second kappa shape index (κ2) is 6.74. The van der Waals surface area contributed by atoms with E-state index in [1.54, 1.807) is 28.9 Å². The van der Waals surface area contributed by atoms with Gasteiger partial charge in [0.15, 0.2) is 0 Å². The minimum atomic E-state index is -0.566. The van der Waals surface area contributed by atoms with Gasteiger partial charge in [-0.15, -0.1) is 0 Å². The summed E-state index contributed by atoms with van der Waals surface area (Å²) in [6.45, 7) is 0. The highest BCUT2D eigenvalue weighted by atomic mass is 35.5. The van der Waals surface area contributed by atoms with Crippen LogP contribution in [0.15, 0.2) is 53.3 Å². The van der Waals surface area contributed by atoms with Crippen LogP contribution in [0.2, 0.25) is 5.02 Å². The summed E-state index contributed by atoms with van der Waals surface area (Å²) in [7, 11) is 0. The van der Waals surface area contributed by atoms with Crippen molar-refractivity contribution in [2.75, 3.05) is 5.32 Å². The van der Waals surface area contributed by atoms with Crippen molar-refractivity contribution in [1.82, 2.24) is 30.4 Å². The Morgan fingerprint density at radius 2 is 1.83 bits per heavy atom. The van der Waals surface area contributed by atoms with Gasteiger partial charge in [0.05, 0.1) is 10.6 Å². The number of rotatable bonds is 3. The molecule has 1 atom stereocenters. The van der Waals surface area contributed by atoms with E-state index in [0.717, 1.165) is 5.56 Å². The number of hydrogen-bond donors (Lipinski definition) is 2. The molecule has 11 nitrogen and oxygen atoms in total. The molecule has 0 unspecified atom stereocenters. The number of H-pyrrole nitrogens is 1. The molecule has 0 saturated heterocycles. The van der Waals surface area contributed by atoms with Gasteiger partial charge in [-0.05, 0) is 40.3 Å². The first-order valence-electron chi connectivity index (χ1n) is 8.70. The third kappa shape index (κ3) is 2.79. The highest BCUT2D eigenvalue weighted by molar-refractivity contribution is 6.30. The molecule has 3 heterocycles. The Kier molecular flexibility index (Phi) is 4.03. The first kappa shape index (κ1) is 17.9. The summed E-state index contributed by atoms with van der Waals surface area (Å²) in [5, 5.41) is 32.9. The average Bonchev–Trinajstić information content (AvgIpc) is 3.22. The highest BCUT2D eigenvalue weighted by Crippen LogP contribution is 2.41. The summed E-state index contributed by atoms with van der Waals surface area (Å²) in [5.74, 6) is 0.300. The van der Waals surface area contributed by atoms with Gasteiger partial charge in [0.1, 0.15) is 11.7 Å². The van der Waals surface area contributed by atoms with Crippen LogP contribution in [0.3, 0.4) is 0 Å². The lowest BCUT2D eigenvalue weighted by atomic mass is 9.92. The number of anilines is 2. The van der Waals surface area contributed by atoms with Gasteiger partial charge in [0, 0.05) is 28.3 Å². The fourth-order valence-electron chi connectivity index (χ4n) is 3.45. The molecule has 0 aliphatic carbocycles. The predicted octanol–water partition coefficient (Wildman–Crippen LogP) is 2.68. The number of halogens is 1.